The van der Waals surface area contributed by atoms with Gasteiger partial charge in [0.25, 0.3) is 0 Å². The molecule has 5 heterocycles. The number of fused-ring (bicyclic) bond motifs is 8. The fraction of sp³-hybridized carbons (Fsp3) is 0. The van der Waals surface area contributed by atoms with Crippen LogP contribution in [0.1, 0.15) is 22.8 Å². The van der Waals surface area contributed by atoms with Crippen molar-refractivity contribution >= 4 is 46.4 Å². The fourth-order valence-electron chi connectivity index (χ4n) is 4.31. The van der Waals surface area contributed by atoms with Crippen LogP contribution in [0.2, 0.25) is 0 Å². The zero-order chi connectivity index (χ0) is 32.9. The maximum atomic E-state index is 4.62. The second-order valence-electron chi connectivity index (χ2n) is 10.2. The normalized spacial score (nSPS) is 10.1. The summed E-state index contributed by atoms with van der Waals surface area (Å²) in [6.45, 7) is 0. The molecule has 0 unspecified atom stereocenters. The van der Waals surface area contributed by atoms with Crippen molar-refractivity contribution in [2.24, 2.45) is 0 Å². The third-order valence-electron chi connectivity index (χ3n) is 6.47. The minimum Gasteiger partial charge on any atom is -0.355 e. The summed E-state index contributed by atoms with van der Waals surface area (Å²) in [5.74, 6) is 0. The molecule has 4 nitrogen and oxygen atoms in total. The topological polar surface area (TPSA) is 57.4 Å². The molecule has 2 aliphatic rings. The van der Waals surface area contributed by atoms with Crippen molar-refractivity contribution in [1.29, 1.82) is 0 Å². The molecule has 0 atom stereocenters. The van der Waals surface area contributed by atoms with Crippen molar-refractivity contribution in [3.05, 3.63) is 217 Å². The third kappa shape index (κ3) is 14.4. The van der Waals surface area contributed by atoms with Gasteiger partial charge in [0.15, 0.2) is 0 Å². The Morgan fingerprint density at radius 2 is 0.592 bits per heavy atom. The number of H-pyrrole nitrogens is 2. The first-order chi connectivity index (χ1) is 23.8. The second-order valence-corrected chi connectivity index (χ2v) is 10.2. The number of benzene rings is 4. The number of hydrogen-bond acceptors (Lipinski definition) is 2. The van der Waals surface area contributed by atoms with Crippen molar-refractivity contribution in [1.82, 2.24) is 19.9 Å². The summed E-state index contributed by atoms with van der Waals surface area (Å²) >= 11 is 0. The molecule has 8 bridgehead atoms. The summed E-state index contributed by atoms with van der Waals surface area (Å²) in [5, 5.41) is 0. The first kappa shape index (κ1) is 36.9. The summed E-state index contributed by atoms with van der Waals surface area (Å²) in [6.07, 6.45) is 8.05. The number of aromatic amines is 2. The smallest absolute Gasteiger partial charge is 0.0659 e. The third-order valence-corrected chi connectivity index (χ3v) is 6.47. The SMILES string of the molecule is C1=Cc2cc3ccc(cc4ccc(cc5nc(cc1n2)C=C5)[nH]4)[nH]3.[Eu].[c-]1ccccc1.[c-]1ccccc1.[c-]1ccccc1.[c-]1ccccc1. The summed E-state index contributed by atoms with van der Waals surface area (Å²) in [6, 6.07) is 66.4. The number of rotatable bonds is 0. The largest absolute Gasteiger partial charge is 0.355 e. The maximum absolute atomic E-state index is 4.62. The Balaban J connectivity index is 0.000000175. The van der Waals surface area contributed by atoms with Gasteiger partial charge in [0.2, 0.25) is 0 Å². The number of nitrogens with zero attached hydrogens (tertiary/aromatic N) is 2. The van der Waals surface area contributed by atoms with Crippen molar-refractivity contribution in [2.45, 2.75) is 0 Å². The van der Waals surface area contributed by atoms with Gasteiger partial charge < -0.3 is 9.97 Å². The van der Waals surface area contributed by atoms with Crippen molar-refractivity contribution in [3.8, 4) is 0 Å². The molecule has 0 amide bonds. The molecule has 9 rings (SSSR count). The Kier molecular flexibility index (Phi) is 16.4. The molecule has 5 heteroatoms. The minimum atomic E-state index is 0. The van der Waals surface area contributed by atoms with Gasteiger partial charge in [-0.3, -0.25) is 0 Å². The molecule has 0 spiro atoms. The van der Waals surface area contributed by atoms with Gasteiger partial charge in [0.05, 0.1) is 22.8 Å². The van der Waals surface area contributed by atoms with Crippen molar-refractivity contribution in [2.75, 3.05) is 0 Å². The van der Waals surface area contributed by atoms with Gasteiger partial charge in [-0.05, 0) is 72.8 Å². The van der Waals surface area contributed by atoms with Crippen LogP contribution in [0.25, 0.3) is 46.4 Å². The van der Waals surface area contributed by atoms with Gasteiger partial charge >= 0.3 is 0 Å². The van der Waals surface area contributed by atoms with E-state index < -0.39 is 0 Å². The van der Waals surface area contributed by atoms with Gasteiger partial charge in [-0.2, -0.15) is 146 Å². The van der Waals surface area contributed by atoms with E-state index in [-0.39, 0.29) is 49.4 Å². The molecule has 2 aliphatic heterocycles. The van der Waals surface area contributed by atoms with E-state index in [9.17, 15) is 0 Å². The monoisotopic (exact) mass is 771 g/mol. The van der Waals surface area contributed by atoms with Crippen molar-refractivity contribution in [3.63, 3.8) is 0 Å². The van der Waals surface area contributed by atoms with Crippen molar-refractivity contribution < 1.29 is 49.4 Å². The molecular formula is C44H34EuN4-4. The summed E-state index contributed by atoms with van der Waals surface area (Å²) in [5.41, 5.74) is 7.86. The Hall–Kier alpha value is -4.94. The van der Waals surface area contributed by atoms with Crippen LogP contribution < -0.4 is 0 Å². The molecule has 0 saturated carbocycles. The van der Waals surface area contributed by atoms with E-state index in [2.05, 4.69) is 74.5 Å². The quantitative estimate of drug-likeness (QED) is 0.151. The van der Waals surface area contributed by atoms with Gasteiger partial charge in [0.1, 0.15) is 0 Å². The molecule has 0 fully saturated rings. The van der Waals surface area contributed by atoms with Crippen LogP contribution in [0.5, 0.6) is 0 Å². The molecule has 0 saturated heterocycles. The van der Waals surface area contributed by atoms with E-state index in [1.165, 1.54) is 0 Å². The Morgan fingerprint density at radius 3 is 0.837 bits per heavy atom. The molecule has 3 aromatic heterocycles. The summed E-state index contributed by atoms with van der Waals surface area (Å²) in [4.78, 5) is 16.0. The van der Waals surface area contributed by atoms with Crippen LogP contribution in [0, 0.1) is 73.6 Å². The van der Waals surface area contributed by atoms with Gasteiger partial charge in [-0.15, -0.1) is 0 Å². The van der Waals surface area contributed by atoms with Gasteiger partial charge in [-0.1, -0.05) is 0 Å². The molecule has 7 aromatic rings. The summed E-state index contributed by atoms with van der Waals surface area (Å²) in [7, 11) is 0. The molecule has 2 N–H and O–H groups in total. The molecule has 0 aliphatic carbocycles. The number of nitrogens with one attached hydrogen (secondary N) is 2. The van der Waals surface area contributed by atoms with Gasteiger partial charge in [0, 0.05) is 71.4 Å². The standard InChI is InChI=1S/C20H14N4.4C6H5.Eu/c1-2-14-10-16-5-6-18(23-16)12-20-8-7-19(24-20)11-17-4-3-15(22-17)9-13(1)21-14;4*1-2-4-6-5-3-1;/h1-12,21-22H;4*1-5H;/q;4*-1;. The van der Waals surface area contributed by atoms with Crippen LogP contribution in [0.4, 0.5) is 0 Å². The average molecular weight is 771 g/mol. The maximum Gasteiger partial charge on any atom is 0.0659 e. The molecule has 1 radical (unpaired) electrons. The van der Waals surface area contributed by atoms with Crippen LogP contribution in [-0.4, -0.2) is 19.9 Å². The van der Waals surface area contributed by atoms with Crippen LogP contribution in [-0.2, 0) is 0 Å². The number of aromatic nitrogens is 4. The summed E-state index contributed by atoms with van der Waals surface area (Å²) < 4.78 is 0. The van der Waals surface area contributed by atoms with E-state index in [0.717, 1.165) is 44.8 Å². The predicted molar refractivity (Wildman–Crippen MR) is 200 cm³/mol. The number of hydrogen-bond donors (Lipinski definition) is 2. The first-order valence-corrected chi connectivity index (χ1v) is 15.5. The Bertz CT molecular complexity index is 1800. The van der Waals surface area contributed by atoms with Crippen LogP contribution in [0.15, 0.2) is 170 Å². The first-order valence-electron chi connectivity index (χ1n) is 15.5. The zero-order valence-electron chi connectivity index (χ0n) is 26.7. The van der Waals surface area contributed by atoms with Crippen LogP contribution in [0.3, 0.4) is 0 Å². The average Bonchev–Trinajstić information content (AvgIpc) is 4.00. The Labute approximate surface area is 329 Å². The minimum absolute atomic E-state index is 0. The van der Waals surface area contributed by atoms with Gasteiger partial charge in [-0.25, -0.2) is 9.97 Å². The van der Waals surface area contributed by atoms with E-state index in [1.807, 2.05) is 164 Å². The molecule has 4 aromatic carbocycles. The predicted octanol–water partition coefficient (Wildman–Crippen LogP) is 10.6. The van der Waals surface area contributed by atoms with E-state index in [4.69, 9.17) is 0 Å². The zero-order valence-corrected chi connectivity index (χ0v) is 29.2. The van der Waals surface area contributed by atoms with Crippen LogP contribution >= 0.6 is 0 Å². The molecular weight excluding hydrogens is 736 g/mol. The van der Waals surface area contributed by atoms with E-state index in [0.29, 0.717) is 0 Å². The fourth-order valence-corrected chi connectivity index (χ4v) is 4.31. The molecule has 241 valence electrons. The Morgan fingerprint density at radius 1 is 0.327 bits per heavy atom. The van der Waals surface area contributed by atoms with E-state index >= 15 is 0 Å². The van der Waals surface area contributed by atoms with E-state index in [1.54, 1.807) is 0 Å². The molecule has 49 heavy (non-hydrogen) atoms. The second kappa shape index (κ2) is 21.8.